The van der Waals surface area contributed by atoms with Crippen LogP contribution in [0.3, 0.4) is 0 Å². The van der Waals surface area contributed by atoms with Gasteiger partial charge in [0.1, 0.15) is 0 Å². The van der Waals surface area contributed by atoms with Crippen LogP contribution < -0.4 is 4.72 Å². The van der Waals surface area contributed by atoms with Gasteiger partial charge in [-0.05, 0) is 37.2 Å². The minimum Gasteiger partial charge on any atom is -0.263 e. The van der Waals surface area contributed by atoms with Gasteiger partial charge in [-0.1, -0.05) is 23.2 Å². The van der Waals surface area contributed by atoms with Gasteiger partial charge in [-0.3, -0.25) is 4.72 Å². The van der Waals surface area contributed by atoms with Gasteiger partial charge in [0.2, 0.25) is 0 Å². The molecule has 0 bridgehead atoms. The quantitative estimate of drug-likeness (QED) is 0.749. The molecule has 1 aromatic rings. The maximum atomic E-state index is 5.86. The van der Waals surface area contributed by atoms with Crippen molar-refractivity contribution in [3.63, 3.8) is 0 Å². The fourth-order valence-corrected chi connectivity index (χ4v) is 1.71. The molecule has 0 aliphatic heterocycles. The lowest BCUT2D eigenvalue weighted by Gasteiger charge is -2.01. The van der Waals surface area contributed by atoms with Gasteiger partial charge in [-0.2, -0.15) is 0 Å². The van der Waals surface area contributed by atoms with Crippen molar-refractivity contribution >= 4 is 35.1 Å². The van der Waals surface area contributed by atoms with E-state index in [-0.39, 0.29) is 0 Å². The van der Waals surface area contributed by atoms with E-state index in [4.69, 9.17) is 23.2 Å². The lowest BCUT2D eigenvalue weighted by atomic mass is 10.4. The molecule has 1 aromatic carbocycles. The van der Waals surface area contributed by atoms with Crippen molar-refractivity contribution in [3.05, 3.63) is 28.2 Å². The van der Waals surface area contributed by atoms with E-state index >= 15 is 0 Å². The van der Waals surface area contributed by atoms with Crippen LogP contribution >= 0.6 is 35.1 Å². The first kappa shape index (κ1) is 9.20. The van der Waals surface area contributed by atoms with Crippen LogP contribution in [0.4, 0.5) is 0 Å². The molecule has 0 heterocycles. The minimum atomic E-state index is 0.701. The molecule has 0 aromatic heterocycles. The summed E-state index contributed by atoms with van der Waals surface area (Å²) in [5, 5.41) is 1.42. The fourth-order valence-electron chi connectivity index (χ4n) is 0.665. The Hall–Kier alpha value is 0.110. The molecule has 0 atom stereocenters. The summed E-state index contributed by atoms with van der Waals surface area (Å²) >= 11 is 13.1. The first-order valence-corrected chi connectivity index (χ1v) is 4.60. The normalized spacial score (nSPS) is 10.1. The predicted molar refractivity (Wildman–Crippen MR) is 51.4 cm³/mol. The average Bonchev–Trinajstić information content (AvgIpc) is 1.98. The van der Waals surface area contributed by atoms with Crippen LogP contribution in [0.15, 0.2) is 23.1 Å². The zero-order valence-corrected chi connectivity index (χ0v) is 8.22. The Labute approximate surface area is 80.2 Å². The Morgan fingerprint density at radius 1 is 1.36 bits per heavy atom. The molecule has 0 aliphatic carbocycles. The maximum Gasteiger partial charge on any atom is 0.0556 e. The van der Waals surface area contributed by atoms with E-state index in [9.17, 15) is 0 Å². The smallest absolute Gasteiger partial charge is 0.0556 e. The van der Waals surface area contributed by atoms with Crippen molar-refractivity contribution < 1.29 is 0 Å². The summed E-state index contributed by atoms with van der Waals surface area (Å²) in [5.41, 5.74) is 0. The highest BCUT2D eigenvalue weighted by Gasteiger charge is 1.99. The Balaban J connectivity index is 2.93. The van der Waals surface area contributed by atoms with Crippen LogP contribution in [0.2, 0.25) is 10.0 Å². The maximum absolute atomic E-state index is 5.86. The second kappa shape index (κ2) is 4.21. The molecule has 0 fully saturated rings. The molecular weight excluding hydrogens is 201 g/mol. The van der Waals surface area contributed by atoms with E-state index in [0.29, 0.717) is 10.0 Å². The van der Waals surface area contributed by atoms with Crippen molar-refractivity contribution in [2.45, 2.75) is 4.90 Å². The van der Waals surface area contributed by atoms with E-state index in [1.165, 1.54) is 11.9 Å². The number of hydrogen-bond donors (Lipinski definition) is 1. The number of benzene rings is 1. The Morgan fingerprint density at radius 3 is 2.73 bits per heavy atom. The van der Waals surface area contributed by atoms with Gasteiger partial charge in [0, 0.05) is 9.92 Å². The number of rotatable bonds is 2. The zero-order valence-electron chi connectivity index (χ0n) is 5.90. The first-order chi connectivity index (χ1) is 5.24. The van der Waals surface area contributed by atoms with E-state index < -0.39 is 0 Å². The molecule has 0 aliphatic rings. The Bertz CT molecular complexity index is 252. The molecule has 1 N–H and O–H groups in total. The Morgan fingerprint density at radius 2 is 2.09 bits per heavy atom. The van der Waals surface area contributed by atoms with Gasteiger partial charge in [-0.15, -0.1) is 0 Å². The molecule has 0 spiro atoms. The highest BCUT2D eigenvalue weighted by Crippen LogP contribution is 2.27. The third-order valence-corrected chi connectivity index (χ3v) is 2.54. The average molecular weight is 208 g/mol. The molecule has 0 radical (unpaired) electrons. The largest absolute Gasteiger partial charge is 0.263 e. The lowest BCUT2D eigenvalue weighted by Crippen LogP contribution is -1.90. The van der Waals surface area contributed by atoms with Crippen LogP contribution in [0.5, 0.6) is 0 Å². The zero-order chi connectivity index (χ0) is 8.27. The van der Waals surface area contributed by atoms with Gasteiger partial charge in [0.05, 0.1) is 5.02 Å². The summed E-state index contributed by atoms with van der Waals surface area (Å²) in [6.45, 7) is 0. The van der Waals surface area contributed by atoms with E-state index in [1.807, 2.05) is 13.1 Å². The molecule has 1 rings (SSSR count). The van der Waals surface area contributed by atoms with Crippen LogP contribution in [-0.4, -0.2) is 7.05 Å². The molecule has 0 saturated heterocycles. The van der Waals surface area contributed by atoms with Crippen molar-refractivity contribution in [1.29, 1.82) is 0 Å². The van der Waals surface area contributed by atoms with Crippen LogP contribution in [0, 0.1) is 0 Å². The predicted octanol–water partition coefficient (Wildman–Crippen LogP) is 3.22. The summed E-state index contributed by atoms with van der Waals surface area (Å²) in [6.07, 6.45) is 0. The van der Waals surface area contributed by atoms with Crippen molar-refractivity contribution in [3.8, 4) is 0 Å². The molecule has 60 valence electrons. The highest BCUT2D eigenvalue weighted by atomic mass is 35.5. The lowest BCUT2D eigenvalue weighted by molar-refractivity contribution is 1.28. The fraction of sp³-hybridized carbons (Fsp3) is 0.143. The number of nitrogens with one attached hydrogen (secondary N) is 1. The highest BCUT2D eigenvalue weighted by molar-refractivity contribution is 7.97. The monoisotopic (exact) mass is 207 g/mol. The van der Waals surface area contributed by atoms with Crippen molar-refractivity contribution in [1.82, 2.24) is 4.72 Å². The second-order valence-corrected chi connectivity index (χ2v) is 3.78. The topological polar surface area (TPSA) is 12.0 Å². The molecular formula is C7H7Cl2NS. The first-order valence-electron chi connectivity index (χ1n) is 3.02. The SMILES string of the molecule is CNSc1cc(Cl)ccc1Cl. The number of halogens is 2. The second-order valence-electron chi connectivity index (χ2n) is 1.88. The third kappa shape index (κ3) is 2.56. The third-order valence-electron chi connectivity index (χ3n) is 1.11. The summed E-state index contributed by atoms with van der Waals surface area (Å²) in [4.78, 5) is 0.946. The van der Waals surface area contributed by atoms with Crippen LogP contribution in [-0.2, 0) is 0 Å². The van der Waals surface area contributed by atoms with Gasteiger partial charge in [0.15, 0.2) is 0 Å². The van der Waals surface area contributed by atoms with Crippen LogP contribution in [0.25, 0.3) is 0 Å². The Kier molecular flexibility index (Phi) is 3.52. The molecule has 0 saturated carbocycles. The van der Waals surface area contributed by atoms with Crippen molar-refractivity contribution in [2.24, 2.45) is 0 Å². The molecule has 11 heavy (non-hydrogen) atoms. The molecule has 0 amide bonds. The summed E-state index contributed by atoms with van der Waals surface area (Å²) < 4.78 is 2.93. The van der Waals surface area contributed by atoms with E-state index in [0.717, 1.165) is 4.90 Å². The summed E-state index contributed by atoms with van der Waals surface area (Å²) in [6, 6.07) is 5.37. The van der Waals surface area contributed by atoms with Gasteiger partial charge in [-0.25, -0.2) is 0 Å². The van der Waals surface area contributed by atoms with Crippen molar-refractivity contribution in [2.75, 3.05) is 7.05 Å². The van der Waals surface area contributed by atoms with Gasteiger partial charge in [0.25, 0.3) is 0 Å². The van der Waals surface area contributed by atoms with E-state index in [2.05, 4.69) is 4.72 Å². The molecule has 0 unspecified atom stereocenters. The van der Waals surface area contributed by atoms with Gasteiger partial charge < -0.3 is 0 Å². The summed E-state index contributed by atoms with van der Waals surface area (Å²) in [7, 11) is 1.84. The summed E-state index contributed by atoms with van der Waals surface area (Å²) in [5.74, 6) is 0. The number of hydrogen-bond acceptors (Lipinski definition) is 2. The van der Waals surface area contributed by atoms with E-state index in [1.54, 1.807) is 12.1 Å². The molecule has 1 nitrogen and oxygen atoms in total. The standard InChI is InChI=1S/C7H7Cl2NS/c1-10-11-7-4-5(8)2-3-6(7)9/h2-4,10H,1H3. The van der Waals surface area contributed by atoms with Crippen LogP contribution in [0.1, 0.15) is 0 Å². The minimum absolute atomic E-state index is 0.701. The molecule has 4 heteroatoms. The van der Waals surface area contributed by atoms with Gasteiger partial charge >= 0.3 is 0 Å².